The molecule has 0 radical (unpaired) electrons. The number of carbonyl (C=O) groups excluding carboxylic acids is 2. The highest BCUT2D eigenvalue weighted by Gasteiger charge is 2.27. The maximum absolute atomic E-state index is 13.1. The number of para-hydroxylation sites is 1. The van der Waals surface area contributed by atoms with Crippen molar-refractivity contribution in [2.75, 3.05) is 31.5 Å². The van der Waals surface area contributed by atoms with Crippen LogP contribution in [0.2, 0.25) is 0 Å². The first-order valence-electron chi connectivity index (χ1n) is 15.0. The topological polar surface area (TPSA) is 46.2 Å². The number of nitrogens with zero attached hydrogens (tertiary/aromatic N) is 1. The Hall–Kier alpha value is -2.46. The number of ketones is 1. The number of rotatable bonds is 18. The number of nitrogens with one attached hydrogen (secondary N) is 1. The van der Waals surface area contributed by atoms with Crippen LogP contribution in [0.3, 0.4) is 0 Å². The number of aryl methyl sites for hydroxylation is 4. The Morgan fingerprint density at radius 2 is 1.24 bits per heavy atom. The minimum Gasteiger partial charge on any atom is -0.326 e. The first kappa shape index (κ1) is 31.8. The molecule has 0 saturated heterocycles. The van der Waals surface area contributed by atoms with Gasteiger partial charge in [-0.05, 0) is 88.1 Å². The number of unbranched alkanes of at least 4 members (excludes halogenated alkanes) is 6. The monoisotopic (exact) mass is 521 g/mol. The molecule has 0 aliphatic rings. The van der Waals surface area contributed by atoms with Gasteiger partial charge in [0.05, 0.1) is 19.6 Å². The lowest BCUT2D eigenvalue weighted by Crippen LogP contribution is -2.52. The standard InChI is InChI=1S/C34H52N2O2/c1-7-23-36(8-2,26-31(37)25-32-27(3)18-16-19-28(32)4)24-15-13-11-9-10-12-14-22-33(38)35-34-29(5)20-17-21-30(34)6/h16-21H,7-15,22-26H2,1-6H3/p+1. The Morgan fingerprint density at radius 1 is 0.711 bits per heavy atom. The maximum Gasteiger partial charge on any atom is 0.224 e. The van der Waals surface area contributed by atoms with Crippen molar-refractivity contribution in [2.45, 2.75) is 106 Å². The van der Waals surface area contributed by atoms with Crippen LogP contribution in [-0.4, -0.2) is 42.4 Å². The van der Waals surface area contributed by atoms with E-state index in [-0.39, 0.29) is 5.91 Å². The molecule has 0 aliphatic carbocycles. The predicted octanol–water partition coefficient (Wildman–Crippen LogP) is 8.04. The molecule has 4 nitrogen and oxygen atoms in total. The number of anilines is 1. The smallest absolute Gasteiger partial charge is 0.224 e. The van der Waals surface area contributed by atoms with Gasteiger partial charge in [-0.3, -0.25) is 9.59 Å². The van der Waals surface area contributed by atoms with Gasteiger partial charge in [-0.15, -0.1) is 0 Å². The Kier molecular flexibility index (Phi) is 13.8. The van der Waals surface area contributed by atoms with Gasteiger partial charge in [0.1, 0.15) is 6.54 Å². The summed E-state index contributed by atoms with van der Waals surface area (Å²) < 4.78 is 0.926. The lowest BCUT2D eigenvalue weighted by Gasteiger charge is -2.37. The lowest BCUT2D eigenvalue weighted by molar-refractivity contribution is -0.919. The number of quaternary nitrogens is 1. The van der Waals surface area contributed by atoms with E-state index in [2.05, 4.69) is 51.2 Å². The van der Waals surface area contributed by atoms with Crippen LogP contribution >= 0.6 is 0 Å². The van der Waals surface area contributed by atoms with Crippen molar-refractivity contribution in [1.29, 1.82) is 0 Å². The van der Waals surface area contributed by atoms with E-state index < -0.39 is 0 Å². The molecule has 0 spiro atoms. The molecule has 2 aromatic carbocycles. The van der Waals surface area contributed by atoms with Gasteiger partial charge in [-0.25, -0.2) is 0 Å². The zero-order valence-corrected chi connectivity index (χ0v) is 25.1. The fraction of sp³-hybridized carbons (Fsp3) is 0.588. The normalized spacial score (nSPS) is 12.8. The summed E-state index contributed by atoms with van der Waals surface area (Å²) in [5.74, 6) is 0.499. The van der Waals surface area contributed by atoms with E-state index in [1.165, 1.54) is 48.8 Å². The number of likely N-dealkylation sites (N-methyl/N-ethyl adjacent to an activating group) is 1. The average Bonchev–Trinajstić information content (AvgIpc) is 2.87. The van der Waals surface area contributed by atoms with E-state index in [0.717, 1.165) is 60.2 Å². The van der Waals surface area contributed by atoms with Crippen molar-refractivity contribution >= 4 is 17.4 Å². The molecule has 1 unspecified atom stereocenters. The van der Waals surface area contributed by atoms with Gasteiger partial charge in [-0.1, -0.05) is 69.0 Å². The summed E-state index contributed by atoms with van der Waals surface area (Å²) >= 11 is 0. The second-order valence-corrected chi connectivity index (χ2v) is 11.4. The number of hydrogen-bond donors (Lipinski definition) is 1. The van der Waals surface area contributed by atoms with E-state index in [0.29, 0.717) is 25.2 Å². The van der Waals surface area contributed by atoms with E-state index in [1.807, 2.05) is 32.0 Å². The van der Waals surface area contributed by atoms with Crippen molar-refractivity contribution in [3.8, 4) is 0 Å². The van der Waals surface area contributed by atoms with Crippen molar-refractivity contribution in [3.05, 3.63) is 64.2 Å². The molecular formula is C34H53N2O2+. The number of Topliss-reactive ketones (excluding diaryl/α,β-unsaturated/α-hetero) is 1. The SMILES string of the molecule is CCC[N+](CC)(CCCCCCCCCC(=O)Nc1c(C)cccc1C)CC(=O)Cc1c(C)cccc1C. The van der Waals surface area contributed by atoms with E-state index in [4.69, 9.17) is 0 Å². The number of carbonyl (C=O) groups is 2. The molecule has 0 fully saturated rings. The first-order valence-corrected chi connectivity index (χ1v) is 15.0. The van der Waals surface area contributed by atoms with Crippen molar-refractivity contribution in [2.24, 2.45) is 0 Å². The molecule has 4 heteroatoms. The summed E-state index contributed by atoms with van der Waals surface area (Å²) in [6.45, 7) is 16.7. The zero-order chi connectivity index (χ0) is 28.0. The highest BCUT2D eigenvalue weighted by atomic mass is 16.1. The van der Waals surface area contributed by atoms with Gasteiger partial charge < -0.3 is 9.80 Å². The number of amides is 1. The minimum absolute atomic E-state index is 0.124. The fourth-order valence-corrected chi connectivity index (χ4v) is 5.76. The molecule has 0 heterocycles. The van der Waals surface area contributed by atoms with Crippen LogP contribution in [0.4, 0.5) is 5.69 Å². The third-order valence-corrected chi connectivity index (χ3v) is 8.18. The molecule has 1 amide bonds. The molecule has 1 N–H and O–H groups in total. The summed E-state index contributed by atoms with van der Waals surface area (Å²) in [5.41, 5.74) is 6.87. The summed E-state index contributed by atoms with van der Waals surface area (Å²) in [6, 6.07) is 12.4. The molecule has 0 bridgehead atoms. The number of benzene rings is 2. The first-order chi connectivity index (χ1) is 18.2. The molecule has 0 saturated carbocycles. The molecule has 0 aliphatic heterocycles. The van der Waals surface area contributed by atoms with Crippen LogP contribution in [0.5, 0.6) is 0 Å². The summed E-state index contributed by atoms with van der Waals surface area (Å²) in [5, 5.41) is 3.09. The molecule has 210 valence electrons. The van der Waals surface area contributed by atoms with Crippen LogP contribution in [0.1, 0.15) is 99.5 Å². The predicted molar refractivity (Wildman–Crippen MR) is 162 cm³/mol. The van der Waals surface area contributed by atoms with Gasteiger partial charge >= 0.3 is 0 Å². The largest absolute Gasteiger partial charge is 0.326 e. The van der Waals surface area contributed by atoms with Crippen LogP contribution < -0.4 is 5.32 Å². The fourth-order valence-electron chi connectivity index (χ4n) is 5.76. The van der Waals surface area contributed by atoms with Crippen LogP contribution in [0.15, 0.2) is 36.4 Å². The van der Waals surface area contributed by atoms with Gasteiger partial charge in [0.2, 0.25) is 5.91 Å². The van der Waals surface area contributed by atoms with Gasteiger partial charge in [-0.2, -0.15) is 0 Å². The van der Waals surface area contributed by atoms with Crippen molar-refractivity contribution in [3.63, 3.8) is 0 Å². The third kappa shape index (κ3) is 10.4. The highest BCUT2D eigenvalue weighted by Crippen LogP contribution is 2.21. The Labute approximate surface area is 232 Å². The van der Waals surface area contributed by atoms with Gasteiger partial charge in [0.25, 0.3) is 0 Å². The highest BCUT2D eigenvalue weighted by molar-refractivity contribution is 5.92. The van der Waals surface area contributed by atoms with Crippen molar-refractivity contribution < 1.29 is 14.1 Å². The quantitative estimate of drug-likeness (QED) is 0.159. The molecule has 1 atom stereocenters. The summed E-state index contributed by atoms with van der Waals surface area (Å²) in [4.78, 5) is 25.5. The average molecular weight is 522 g/mol. The Balaban J connectivity index is 1.67. The Morgan fingerprint density at radius 3 is 1.79 bits per heavy atom. The second kappa shape index (κ2) is 16.5. The number of hydrogen-bond acceptors (Lipinski definition) is 2. The summed E-state index contributed by atoms with van der Waals surface area (Å²) in [6.07, 6.45) is 10.4. The lowest BCUT2D eigenvalue weighted by atomic mass is 9.97. The third-order valence-electron chi connectivity index (χ3n) is 8.18. The van der Waals surface area contributed by atoms with Crippen LogP contribution in [0.25, 0.3) is 0 Å². The van der Waals surface area contributed by atoms with E-state index in [9.17, 15) is 9.59 Å². The Bertz CT molecular complexity index is 989. The second-order valence-electron chi connectivity index (χ2n) is 11.4. The minimum atomic E-state index is 0.124. The van der Waals surface area contributed by atoms with Gasteiger partial charge in [0, 0.05) is 18.5 Å². The molecular weight excluding hydrogens is 468 g/mol. The molecule has 2 rings (SSSR count). The van der Waals surface area contributed by atoms with Gasteiger partial charge in [0.15, 0.2) is 5.78 Å². The van der Waals surface area contributed by atoms with E-state index >= 15 is 0 Å². The summed E-state index contributed by atoms with van der Waals surface area (Å²) in [7, 11) is 0. The maximum atomic E-state index is 13.1. The van der Waals surface area contributed by atoms with E-state index in [1.54, 1.807) is 0 Å². The molecule has 0 aromatic heterocycles. The van der Waals surface area contributed by atoms with Crippen LogP contribution in [0, 0.1) is 27.7 Å². The molecule has 2 aromatic rings. The molecule has 38 heavy (non-hydrogen) atoms. The zero-order valence-electron chi connectivity index (χ0n) is 25.1. The van der Waals surface area contributed by atoms with Crippen molar-refractivity contribution in [1.82, 2.24) is 0 Å². The van der Waals surface area contributed by atoms with Crippen LogP contribution in [-0.2, 0) is 16.0 Å².